The van der Waals surface area contributed by atoms with Crippen molar-refractivity contribution in [2.24, 2.45) is 5.92 Å². The van der Waals surface area contributed by atoms with Gasteiger partial charge >= 0.3 is 0 Å². The third-order valence-corrected chi connectivity index (χ3v) is 3.72. The zero-order chi connectivity index (χ0) is 9.47. The topological polar surface area (TPSA) is 23.5 Å². The van der Waals surface area contributed by atoms with Crippen LogP contribution in [0, 0.1) is 5.92 Å². The molecule has 2 fully saturated rings. The maximum atomic E-state index is 10.3. The van der Waals surface area contributed by atoms with E-state index in [0.29, 0.717) is 6.04 Å². The van der Waals surface area contributed by atoms with Crippen LogP contribution in [0.2, 0.25) is 0 Å². The number of piperidine rings is 1. The fourth-order valence-corrected chi connectivity index (χ4v) is 2.46. The summed E-state index contributed by atoms with van der Waals surface area (Å²) in [7, 11) is 2.15. The normalized spacial score (nSPS) is 42.2. The Kier molecular flexibility index (Phi) is 2.37. The van der Waals surface area contributed by atoms with Gasteiger partial charge in [-0.2, -0.15) is 0 Å². The van der Waals surface area contributed by atoms with Crippen LogP contribution in [0.1, 0.15) is 39.0 Å². The highest BCUT2D eigenvalue weighted by atomic mass is 16.3. The minimum absolute atomic E-state index is 0.326. The summed E-state index contributed by atoms with van der Waals surface area (Å²) in [6.45, 7) is 3.28. The van der Waals surface area contributed by atoms with E-state index in [1.807, 2.05) is 0 Å². The van der Waals surface area contributed by atoms with E-state index in [1.54, 1.807) is 0 Å². The number of hydrogen-bond donors (Lipinski definition) is 1. The molecule has 1 heterocycles. The second kappa shape index (κ2) is 3.25. The van der Waals surface area contributed by atoms with Gasteiger partial charge in [0.15, 0.2) is 0 Å². The lowest BCUT2D eigenvalue weighted by Gasteiger charge is -2.41. The first-order chi connectivity index (χ1) is 6.09. The summed E-state index contributed by atoms with van der Waals surface area (Å²) in [6, 6.07) is 0.553. The summed E-state index contributed by atoms with van der Waals surface area (Å²) in [5.41, 5.74) is -0.326. The van der Waals surface area contributed by atoms with Gasteiger partial charge in [0.25, 0.3) is 0 Å². The summed E-state index contributed by atoms with van der Waals surface area (Å²) in [4.78, 5) is 2.35. The fraction of sp³-hybridized carbons (Fsp3) is 1.00. The molecule has 2 nitrogen and oxygen atoms in total. The molecule has 13 heavy (non-hydrogen) atoms. The van der Waals surface area contributed by atoms with Crippen molar-refractivity contribution in [2.75, 3.05) is 13.6 Å². The van der Waals surface area contributed by atoms with Crippen molar-refractivity contribution in [1.82, 2.24) is 4.90 Å². The van der Waals surface area contributed by atoms with Crippen LogP contribution in [-0.2, 0) is 0 Å². The van der Waals surface area contributed by atoms with Crippen LogP contribution >= 0.6 is 0 Å². The Hall–Kier alpha value is -0.0800. The average Bonchev–Trinajstić information content (AvgIpc) is 2.81. The summed E-state index contributed by atoms with van der Waals surface area (Å²) in [6.07, 6.45) is 5.72. The van der Waals surface area contributed by atoms with Gasteiger partial charge in [0.05, 0.1) is 5.60 Å². The predicted molar refractivity (Wildman–Crippen MR) is 53.6 cm³/mol. The zero-order valence-electron chi connectivity index (χ0n) is 8.79. The summed E-state index contributed by atoms with van der Waals surface area (Å²) in [5.74, 6) is 0.848. The Balaban J connectivity index is 1.90. The molecule has 76 valence electrons. The monoisotopic (exact) mass is 183 g/mol. The van der Waals surface area contributed by atoms with Gasteiger partial charge in [-0.05, 0) is 39.2 Å². The zero-order valence-corrected chi connectivity index (χ0v) is 8.79. The molecule has 1 saturated carbocycles. The molecule has 2 rings (SSSR count). The maximum Gasteiger partial charge on any atom is 0.0677 e. The van der Waals surface area contributed by atoms with Gasteiger partial charge in [0.1, 0.15) is 0 Å². The number of aliphatic hydroxyl groups is 1. The van der Waals surface area contributed by atoms with Crippen LogP contribution in [0.5, 0.6) is 0 Å². The molecule has 0 radical (unpaired) electrons. The second-order valence-corrected chi connectivity index (χ2v) is 5.16. The lowest BCUT2D eigenvalue weighted by molar-refractivity contribution is -0.0455. The smallest absolute Gasteiger partial charge is 0.0677 e. The van der Waals surface area contributed by atoms with Gasteiger partial charge in [0, 0.05) is 12.6 Å². The summed E-state index contributed by atoms with van der Waals surface area (Å²) >= 11 is 0. The van der Waals surface area contributed by atoms with Gasteiger partial charge in [0.2, 0.25) is 0 Å². The van der Waals surface area contributed by atoms with Crippen LogP contribution in [0.4, 0.5) is 0 Å². The van der Waals surface area contributed by atoms with Crippen LogP contribution < -0.4 is 0 Å². The molecule has 1 aliphatic heterocycles. The molecular weight excluding hydrogens is 162 g/mol. The minimum Gasteiger partial charge on any atom is -0.390 e. The Bertz CT molecular complexity index is 191. The molecule has 2 heteroatoms. The Morgan fingerprint density at radius 2 is 2.15 bits per heavy atom. The van der Waals surface area contributed by atoms with Crippen LogP contribution in [0.3, 0.4) is 0 Å². The molecule has 2 atom stereocenters. The largest absolute Gasteiger partial charge is 0.390 e. The molecule has 0 aromatic carbocycles. The Labute approximate surface area is 80.9 Å². The van der Waals surface area contributed by atoms with Gasteiger partial charge in [-0.25, -0.2) is 0 Å². The van der Waals surface area contributed by atoms with E-state index in [0.717, 1.165) is 31.7 Å². The Morgan fingerprint density at radius 3 is 2.69 bits per heavy atom. The third kappa shape index (κ3) is 2.23. The highest BCUT2D eigenvalue weighted by Gasteiger charge is 2.39. The average molecular weight is 183 g/mol. The molecule has 0 aromatic rings. The van der Waals surface area contributed by atoms with E-state index in [-0.39, 0.29) is 5.60 Å². The first-order valence-corrected chi connectivity index (χ1v) is 5.52. The van der Waals surface area contributed by atoms with Crippen molar-refractivity contribution >= 4 is 0 Å². The van der Waals surface area contributed by atoms with Gasteiger partial charge < -0.3 is 10.0 Å². The summed E-state index contributed by atoms with van der Waals surface area (Å²) in [5, 5.41) is 10.3. The third-order valence-electron chi connectivity index (χ3n) is 3.72. The molecule has 0 spiro atoms. The van der Waals surface area contributed by atoms with E-state index in [4.69, 9.17) is 0 Å². The van der Waals surface area contributed by atoms with Crippen molar-refractivity contribution in [3.8, 4) is 0 Å². The highest BCUT2D eigenvalue weighted by Crippen LogP contribution is 2.41. The quantitative estimate of drug-likeness (QED) is 0.703. The molecule has 1 aliphatic carbocycles. The van der Waals surface area contributed by atoms with Gasteiger partial charge in [-0.1, -0.05) is 12.8 Å². The van der Waals surface area contributed by atoms with Crippen LogP contribution in [-0.4, -0.2) is 35.2 Å². The van der Waals surface area contributed by atoms with Crippen molar-refractivity contribution in [2.45, 2.75) is 50.7 Å². The number of hydrogen-bond acceptors (Lipinski definition) is 2. The molecule has 0 aromatic heterocycles. The van der Waals surface area contributed by atoms with Crippen molar-refractivity contribution in [1.29, 1.82) is 0 Å². The maximum absolute atomic E-state index is 10.3. The molecular formula is C11H21NO. The summed E-state index contributed by atoms with van der Waals surface area (Å²) < 4.78 is 0. The van der Waals surface area contributed by atoms with Crippen molar-refractivity contribution < 1.29 is 5.11 Å². The molecule has 2 aliphatic rings. The second-order valence-electron chi connectivity index (χ2n) is 5.16. The van der Waals surface area contributed by atoms with E-state index in [9.17, 15) is 5.11 Å². The standard InChI is InChI=1S/C11H21NO/c1-9-7-11(13,5-6-12(9)2)8-10-3-4-10/h9-10,13H,3-8H2,1-2H3. The van der Waals surface area contributed by atoms with E-state index in [1.165, 1.54) is 12.8 Å². The first-order valence-electron chi connectivity index (χ1n) is 5.52. The van der Waals surface area contributed by atoms with E-state index >= 15 is 0 Å². The van der Waals surface area contributed by atoms with Crippen molar-refractivity contribution in [3.05, 3.63) is 0 Å². The Morgan fingerprint density at radius 1 is 1.46 bits per heavy atom. The highest BCUT2D eigenvalue weighted by molar-refractivity contribution is 4.93. The number of likely N-dealkylation sites (tertiary alicyclic amines) is 1. The molecule has 0 bridgehead atoms. The van der Waals surface area contributed by atoms with E-state index < -0.39 is 0 Å². The van der Waals surface area contributed by atoms with Crippen molar-refractivity contribution in [3.63, 3.8) is 0 Å². The van der Waals surface area contributed by atoms with E-state index in [2.05, 4.69) is 18.9 Å². The SMILES string of the molecule is CC1CC(O)(CC2CC2)CCN1C. The van der Waals surface area contributed by atoms with Crippen LogP contribution in [0.15, 0.2) is 0 Å². The fourth-order valence-electron chi connectivity index (χ4n) is 2.46. The molecule has 1 saturated heterocycles. The lowest BCUT2D eigenvalue weighted by Crippen LogP contribution is -2.47. The predicted octanol–water partition coefficient (Wildman–Crippen LogP) is 1.63. The molecule has 1 N–H and O–H groups in total. The van der Waals surface area contributed by atoms with Gasteiger partial charge in [-0.15, -0.1) is 0 Å². The lowest BCUT2D eigenvalue weighted by atomic mass is 9.83. The molecule has 2 unspecified atom stereocenters. The molecule has 0 amide bonds. The minimum atomic E-state index is -0.326. The number of nitrogens with zero attached hydrogens (tertiary/aromatic N) is 1. The van der Waals surface area contributed by atoms with Gasteiger partial charge in [-0.3, -0.25) is 0 Å². The first kappa shape index (κ1) is 9.47. The van der Waals surface area contributed by atoms with Crippen LogP contribution in [0.25, 0.3) is 0 Å². The number of rotatable bonds is 2.